The molecule has 2 aromatic rings. The van der Waals surface area contributed by atoms with Gasteiger partial charge in [-0.05, 0) is 19.1 Å². The molecule has 5 nitrogen and oxygen atoms in total. The highest BCUT2D eigenvalue weighted by molar-refractivity contribution is 5.53. The Morgan fingerprint density at radius 2 is 1.95 bits per heavy atom. The highest BCUT2D eigenvalue weighted by Gasteiger charge is 2.05. The molecular weight excluding hydrogens is 254 g/mol. The molecule has 0 saturated carbocycles. The molecule has 0 aliphatic heterocycles. The van der Waals surface area contributed by atoms with Gasteiger partial charge in [0, 0.05) is 25.5 Å². The Balaban J connectivity index is 1.92. The molecule has 0 aliphatic rings. The summed E-state index contributed by atoms with van der Waals surface area (Å²) in [5.74, 6) is 0.837. The lowest BCUT2D eigenvalue weighted by molar-refractivity contribution is 0.0668. The minimum Gasteiger partial charge on any atom is -0.382 e. The first-order valence-corrected chi connectivity index (χ1v) is 6.72. The first kappa shape index (κ1) is 14.6. The lowest BCUT2D eigenvalue weighted by Gasteiger charge is -2.10. The van der Waals surface area contributed by atoms with Gasteiger partial charge in [-0.2, -0.15) is 0 Å². The summed E-state index contributed by atoms with van der Waals surface area (Å²) in [6.45, 7) is 4.63. The number of ether oxygens (including phenoxy) is 2. The van der Waals surface area contributed by atoms with Gasteiger partial charge in [-0.25, -0.2) is 4.98 Å². The second-order valence-electron chi connectivity index (χ2n) is 4.50. The fourth-order valence-corrected chi connectivity index (χ4v) is 1.87. The lowest BCUT2D eigenvalue weighted by Crippen LogP contribution is -2.10. The minimum absolute atomic E-state index is 0.617. The van der Waals surface area contributed by atoms with Gasteiger partial charge < -0.3 is 19.4 Å². The van der Waals surface area contributed by atoms with E-state index in [2.05, 4.69) is 14.9 Å². The molecule has 1 heterocycles. The van der Waals surface area contributed by atoms with E-state index in [-0.39, 0.29) is 0 Å². The van der Waals surface area contributed by atoms with Crippen molar-refractivity contribution >= 4 is 11.6 Å². The molecule has 0 aliphatic carbocycles. The Bertz CT molecular complexity index is 511. The van der Waals surface area contributed by atoms with E-state index in [9.17, 15) is 0 Å². The van der Waals surface area contributed by atoms with E-state index in [4.69, 9.17) is 9.47 Å². The highest BCUT2D eigenvalue weighted by Crippen LogP contribution is 2.15. The van der Waals surface area contributed by atoms with E-state index < -0.39 is 0 Å². The molecule has 0 amide bonds. The maximum atomic E-state index is 5.49. The minimum atomic E-state index is 0.617. The van der Waals surface area contributed by atoms with Crippen LogP contribution in [0.3, 0.4) is 0 Å². The van der Waals surface area contributed by atoms with E-state index in [1.54, 1.807) is 7.11 Å². The van der Waals surface area contributed by atoms with Crippen LogP contribution in [0.2, 0.25) is 0 Å². The predicted molar refractivity (Wildman–Crippen MR) is 79.4 cm³/mol. The lowest BCUT2D eigenvalue weighted by atomic mass is 10.3. The van der Waals surface area contributed by atoms with Gasteiger partial charge in [-0.1, -0.05) is 18.2 Å². The van der Waals surface area contributed by atoms with Crippen molar-refractivity contribution in [2.45, 2.75) is 13.5 Å². The third-order valence-electron chi connectivity index (χ3n) is 2.84. The zero-order valence-corrected chi connectivity index (χ0v) is 12.0. The number of rotatable bonds is 8. The van der Waals surface area contributed by atoms with E-state index in [0.29, 0.717) is 19.8 Å². The van der Waals surface area contributed by atoms with Gasteiger partial charge in [0.1, 0.15) is 0 Å². The van der Waals surface area contributed by atoms with Gasteiger partial charge in [0.25, 0.3) is 0 Å². The third kappa shape index (κ3) is 4.36. The van der Waals surface area contributed by atoms with Gasteiger partial charge in [-0.3, -0.25) is 0 Å². The molecule has 0 saturated heterocycles. The van der Waals surface area contributed by atoms with Crippen LogP contribution in [-0.2, 0) is 16.0 Å². The second-order valence-corrected chi connectivity index (χ2v) is 4.50. The SMILES string of the molecule is COCCOCCn1cc(C)nc1Nc1ccccc1. The summed E-state index contributed by atoms with van der Waals surface area (Å²) in [6, 6.07) is 10.0. The van der Waals surface area contributed by atoms with Gasteiger partial charge in [-0.15, -0.1) is 0 Å². The van der Waals surface area contributed by atoms with Crippen LogP contribution in [0.25, 0.3) is 0 Å². The number of hydrogen-bond acceptors (Lipinski definition) is 4. The molecule has 1 N–H and O–H groups in total. The van der Waals surface area contributed by atoms with Gasteiger partial charge in [0.2, 0.25) is 5.95 Å². The summed E-state index contributed by atoms with van der Waals surface area (Å²) in [7, 11) is 1.67. The summed E-state index contributed by atoms with van der Waals surface area (Å²) >= 11 is 0. The van der Waals surface area contributed by atoms with Crippen molar-refractivity contribution in [1.29, 1.82) is 0 Å². The monoisotopic (exact) mass is 275 g/mol. The van der Waals surface area contributed by atoms with Crippen molar-refractivity contribution in [1.82, 2.24) is 9.55 Å². The number of anilines is 2. The molecular formula is C15H21N3O2. The molecule has 0 fully saturated rings. The van der Waals surface area contributed by atoms with Crippen LogP contribution in [-0.4, -0.2) is 36.5 Å². The molecule has 0 radical (unpaired) electrons. The first-order chi connectivity index (χ1) is 9.79. The number of nitrogens with zero attached hydrogens (tertiary/aromatic N) is 2. The predicted octanol–water partition coefficient (Wildman–Crippen LogP) is 2.60. The summed E-state index contributed by atoms with van der Waals surface area (Å²) in [6.07, 6.45) is 2.02. The van der Waals surface area contributed by atoms with Crippen LogP contribution in [0.1, 0.15) is 5.69 Å². The number of benzene rings is 1. The van der Waals surface area contributed by atoms with Crippen molar-refractivity contribution < 1.29 is 9.47 Å². The van der Waals surface area contributed by atoms with Crippen LogP contribution in [0, 0.1) is 6.92 Å². The van der Waals surface area contributed by atoms with E-state index >= 15 is 0 Å². The fraction of sp³-hybridized carbons (Fsp3) is 0.400. The largest absolute Gasteiger partial charge is 0.382 e. The quantitative estimate of drug-likeness (QED) is 0.752. The van der Waals surface area contributed by atoms with Crippen LogP contribution in [0.4, 0.5) is 11.6 Å². The molecule has 1 aromatic carbocycles. The Labute approximate surface area is 119 Å². The maximum absolute atomic E-state index is 5.49. The van der Waals surface area contributed by atoms with Gasteiger partial charge >= 0.3 is 0 Å². The fourth-order valence-electron chi connectivity index (χ4n) is 1.87. The second kappa shape index (κ2) is 7.67. The summed E-state index contributed by atoms with van der Waals surface area (Å²) in [5.41, 5.74) is 2.01. The summed E-state index contributed by atoms with van der Waals surface area (Å²) in [4.78, 5) is 4.49. The van der Waals surface area contributed by atoms with Crippen LogP contribution in [0.15, 0.2) is 36.5 Å². The molecule has 20 heavy (non-hydrogen) atoms. The molecule has 2 rings (SSSR count). The standard InChI is InChI=1S/C15H21N3O2/c1-13-12-18(8-9-20-11-10-19-2)15(16-13)17-14-6-4-3-5-7-14/h3-7,12H,8-11H2,1-2H3,(H,16,17). The van der Waals surface area contributed by atoms with Crippen molar-refractivity contribution in [3.05, 3.63) is 42.2 Å². The number of methoxy groups -OCH3 is 1. The number of aromatic nitrogens is 2. The molecule has 5 heteroatoms. The van der Waals surface area contributed by atoms with Crippen LogP contribution in [0.5, 0.6) is 0 Å². The normalized spacial score (nSPS) is 10.7. The third-order valence-corrected chi connectivity index (χ3v) is 2.84. The summed E-state index contributed by atoms with van der Waals surface area (Å²) in [5, 5.41) is 3.32. The number of imidazole rings is 1. The van der Waals surface area contributed by atoms with Crippen molar-refractivity contribution in [2.24, 2.45) is 0 Å². The topological polar surface area (TPSA) is 48.3 Å². The smallest absolute Gasteiger partial charge is 0.207 e. The van der Waals surface area contributed by atoms with Gasteiger partial charge in [0.15, 0.2) is 0 Å². The zero-order chi connectivity index (χ0) is 14.2. The molecule has 1 aromatic heterocycles. The molecule has 0 bridgehead atoms. The van der Waals surface area contributed by atoms with E-state index in [1.165, 1.54) is 0 Å². The average Bonchev–Trinajstić information content (AvgIpc) is 2.80. The van der Waals surface area contributed by atoms with Crippen molar-refractivity contribution in [2.75, 3.05) is 32.2 Å². The number of para-hydroxylation sites is 1. The van der Waals surface area contributed by atoms with Crippen LogP contribution < -0.4 is 5.32 Å². The van der Waals surface area contributed by atoms with Crippen molar-refractivity contribution in [3.8, 4) is 0 Å². The zero-order valence-electron chi connectivity index (χ0n) is 12.0. The number of nitrogens with one attached hydrogen (secondary N) is 1. The Morgan fingerprint density at radius 3 is 2.70 bits per heavy atom. The summed E-state index contributed by atoms with van der Waals surface area (Å²) < 4.78 is 12.5. The first-order valence-electron chi connectivity index (χ1n) is 6.72. The average molecular weight is 275 g/mol. The number of hydrogen-bond donors (Lipinski definition) is 1. The molecule has 0 spiro atoms. The maximum Gasteiger partial charge on any atom is 0.207 e. The molecule has 0 unspecified atom stereocenters. The molecule has 0 atom stereocenters. The Kier molecular flexibility index (Phi) is 5.58. The van der Waals surface area contributed by atoms with Gasteiger partial charge in [0.05, 0.1) is 25.5 Å². The highest BCUT2D eigenvalue weighted by atomic mass is 16.5. The Morgan fingerprint density at radius 1 is 1.15 bits per heavy atom. The molecule has 108 valence electrons. The van der Waals surface area contributed by atoms with Crippen molar-refractivity contribution in [3.63, 3.8) is 0 Å². The van der Waals surface area contributed by atoms with Crippen LogP contribution >= 0.6 is 0 Å². The Hall–Kier alpha value is -1.85. The van der Waals surface area contributed by atoms with E-state index in [1.807, 2.05) is 43.5 Å². The van der Waals surface area contributed by atoms with E-state index in [0.717, 1.165) is 23.9 Å². The number of aryl methyl sites for hydroxylation is 1.